The number of benzene rings is 2. The molecule has 0 aromatic heterocycles. The van der Waals surface area contributed by atoms with Crippen LogP contribution in [-0.4, -0.2) is 78.3 Å². The fourth-order valence-corrected chi connectivity index (χ4v) is 4.42. The van der Waals surface area contributed by atoms with Gasteiger partial charge in [-0.1, -0.05) is 108 Å². The SMILES string of the molecule is C=CCOC(=O)O[C@@H]1[C@@H](O[C@H](C(=O)OCC)c2ccccc2)[C@@H](OC(=N)C(Cl)(Cl)Cl)O[C@H](COC(C)=O)[C@H]1OCc1ccccc1. The first-order valence-electron chi connectivity index (χ1n) is 14.0. The number of rotatable bonds is 14. The molecule has 0 radical (unpaired) electrons. The van der Waals surface area contributed by atoms with E-state index in [9.17, 15) is 14.4 Å². The third-order valence-corrected chi connectivity index (χ3v) is 6.78. The Hall–Kier alpha value is -3.39. The molecule has 1 aliphatic heterocycles. The van der Waals surface area contributed by atoms with Crippen LogP contribution in [0.4, 0.5) is 4.79 Å². The van der Waals surface area contributed by atoms with Gasteiger partial charge in [-0.2, -0.15) is 0 Å². The minimum Gasteiger partial charge on any atom is -0.464 e. The highest BCUT2D eigenvalue weighted by Gasteiger charge is 2.54. The van der Waals surface area contributed by atoms with Crippen LogP contribution >= 0.6 is 34.8 Å². The van der Waals surface area contributed by atoms with Gasteiger partial charge in [-0.3, -0.25) is 10.2 Å². The van der Waals surface area contributed by atoms with E-state index in [1.807, 2.05) is 6.07 Å². The Morgan fingerprint density at radius 1 is 0.957 bits per heavy atom. The highest BCUT2D eigenvalue weighted by molar-refractivity contribution is 6.76. The maximum atomic E-state index is 13.2. The maximum Gasteiger partial charge on any atom is 0.509 e. The second kappa shape index (κ2) is 18.1. The van der Waals surface area contributed by atoms with Crippen molar-refractivity contribution in [1.82, 2.24) is 0 Å². The number of ether oxygens (including phenoxy) is 8. The van der Waals surface area contributed by atoms with Gasteiger partial charge in [0.05, 0.1) is 13.2 Å². The molecule has 0 saturated carbocycles. The molecule has 1 heterocycles. The van der Waals surface area contributed by atoms with Crippen molar-refractivity contribution in [1.29, 1.82) is 5.41 Å². The van der Waals surface area contributed by atoms with E-state index in [1.165, 1.54) is 13.0 Å². The molecule has 1 aliphatic rings. The molecule has 1 saturated heterocycles. The Morgan fingerprint density at radius 2 is 1.61 bits per heavy atom. The predicted molar refractivity (Wildman–Crippen MR) is 167 cm³/mol. The second-order valence-electron chi connectivity index (χ2n) is 9.63. The average Bonchev–Trinajstić information content (AvgIpc) is 3.02. The summed E-state index contributed by atoms with van der Waals surface area (Å²) < 4.78 is 43.2. The summed E-state index contributed by atoms with van der Waals surface area (Å²) in [6.07, 6.45) is -8.44. The third-order valence-electron chi connectivity index (χ3n) is 6.27. The number of alkyl halides is 3. The highest BCUT2D eigenvalue weighted by atomic mass is 35.6. The quantitative estimate of drug-likeness (QED) is 0.0653. The van der Waals surface area contributed by atoms with Crippen LogP contribution in [0, 0.1) is 5.41 Å². The number of hydrogen-bond acceptors (Lipinski definition) is 12. The minimum absolute atomic E-state index is 0.0186. The smallest absolute Gasteiger partial charge is 0.464 e. The van der Waals surface area contributed by atoms with E-state index in [0.29, 0.717) is 5.56 Å². The van der Waals surface area contributed by atoms with Crippen LogP contribution < -0.4 is 0 Å². The first kappa shape index (κ1) is 37.1. The molecule has 2 aromatic carbocycles. The summed E-state index contributed by atoms with van der Waals surface area (Å²) >= 11 is 17.7. The second-order valence-corrected chi connectivity index (χ2v) is 11.9. The number of carbonyl (C=O) groups is 3. The largest absolute Gasteiger partial charge is 0.509 e. The normalized spacial score (nSPS) is 21.7. The summed E-state index contributed by atoms with van der Waals surface area (Å²) in [6, 6.07) is 17.3. The molecule has 1 fully saturated rings. The van der Waals surface area contributed by atoms with Crippen LogP contribution in [0.2, 0.25) is 0 Å². The van der Waals surface area contributed by atoms with Crippen LogP contribution in [0.5, 0.6) is 0 Å². The number of halogens is 3. The molecule has 3 rings (SSSR count). The van der Waals surface area contributed by atoms with E-state index in [2.05, 4.69) is 6.58 Å². The maximum absolute atomic E-state index is 13.2. The van der Waals surface area contributed by atoms with E-state index in [1.54, 1.807) is 61.5 Å². The molecule has 12 nitrogen and oxygen atoms in total. The number of nitrogens with one attached hydrogen (secondary N) is 1. The molecular formula is C31H34Cl3NO11. The van der Waals surface area contributed by atoms with Gasteiger partial charge in [0, 0.05) is 6.92 Å². The lowest BCUT2D eigenvalue weighted by atomic mass is 9.97. The summed E-state index contributed by atoms with van der Waals surface area (Å²) in [5, 5.41) is 8.24. The molecule has 0 unspecified atom stereocenters. The van der Waals surface area contributed by atoms with E-state index >= 15 is 0 Å². The van der Waals surface area contributed by atoms with Gasteiger partial charge in [-0.25, -0.2) is 9.59 Å². The van der Waals surface area contributed by atoms with Gasteiger partial charge >= 0.3 is 18.1 Å². The first-order valence-corrected chi connectivity index (χ1v) is 15.2. The Balaban J connectivity index is 2.14. The number of carbonyl (C=O) groups excluding carboxylic acids is 3. The van der Waals surface area contributed by atoms with Gasteiger partial charge < -0.3 is 37.9 Å². The predicted octanol–water partition coefficient (Wildman–Crippen LogP) is 5.62. The standard InChI is InChI=1S/C31H34Cl3NO11/c1-4-16-40-30(38)45-25-24(42-17-20-12-8-6-9-13-20)22(18-41-19(3)36)43-28(46-29(35)31(32,33)34)26(25)44-23(27(37)39-5-2)21-14-10-7-11-15-21/h4,6-15,22-26,28,35H,1,5,16-18H2,2-3H3/t22-,23+,24-,25+,26-,28-/m1/s1. The monoisotopic (exact) mass is 701 g/mol. The van der Waals surface area contributed by atoms with Gasteiger partial charge in [0.2, 0.25) is 12.2 Å². The summed E-state index contributed by atoms with van der Waals surface area (Å²) in [4.78, 5) is 38.0. The van der Waals surface area contributed by atoms with Crippen molar-refractivity contribution in [3.8, 4) is 0 Å². The van der Waals surface area contributed by atoms with Crippen molar-refractivity contribution in [3.05, 3.63) is 84.4 Å². The average molecular weight is 703 g/mol. The molecule has 46 heavy (non-hydrogen) atoms. The molecule has 250 valence electrons. The van der Waals surface area contributed by atoms with Crippen LogP contribution in [-0.2, 0) is 54.1 Å². The zero-order valence-electron chi connectivity index (χ0n) is 25.0. The molecule has 0 amide bonds. The van der Waals surface area contributed by atoms with E-state index < -0.39 is 71.2 Å². The Labute approximate surface area is 281 Å². The first-order chi connectivity index (χ1) is 21.9. The van der Waals surface area contributed by atoms with Crippen LogP contribution in [0.25, 0.3) is 0 Å². The Morgan fingerprint density at radius 3 is 2.20 bits per heavy atom. The third kappa shape index (κ3) is 11.1. The van der Waals surface area contributed by atoms with Gasteiger partial charge in [-0.05, 0) is 18.1 Å². The Kier molecular flexibility index (Phi) is 14.6. The van der Waals surface area contributed by atoms with Gasteiger partial charge in [-0.15, -0.1) is 0 Å². The summed E-state index contributed by atoms with van der Waals surface area (Å²) in [6.45, 7) is 5.71. The van der Waals surface area contributed by atoms with Crippen molar-refractivity contribution in [2.45, 2.75) is 61.1 Å². The number of esters is 2. The van der Waals surface area contributed by atoms with Crippen LogP contribution in [0.3, 0.4) is 0 Å². The van der Waals surface area contributed by atoms with Crippen LogP contribution in [0.15, 0.2) is 73.3 Å². The fraction of sp³-hybridized carbons (Fsp3) is 0.419. The molecule has 0 aliphatic carbocycles. The van der Waals surface area contributed by atoms with Crippen molar-refractivity contribution >= 4 is 58.8 Å². The van der Waals surface area contributed by atoms with Gasteiger partial charge in [0.1, 0.15) is 25.4 Å². The summed E-state index contributed by atoms with van der Waals surface area (Å²) in [5.74, 6) is -2.32. The lowest BCUT2D eigenvalue weighted by Crippen LogP contribution is -2.63. The summed E-state index contributed by atoms with van der Waals surface area (Å²) in [5.41, 5.74) is 1.11. The van der Waals surface area contributed by atoms with Crippen LogP contribution in [0.1, 0.15) is 31.1 Å². The zero-order chi connectivity index (χ0) is 33.7. The topological polar surface area (TPSA) is 149 Å². The van der Waals surface area contributed by atoms with E-state index in [-0.39, 0.29) is 19.8 Å². The lowest BCUT2D eigenvalue weighted by Gasteiger charge is -2.45. The van der Waals surface area contributed by atoms with E-state index in [4.69, 9.17) is 78.1 Å². The van der Waals surface area contributed by atoms with Crippen molar-refractivity contribution in [2.75, 3.05) is 19.8 Å². The minimum atomic E-state index is -2.35. The fourth-order valence-electron chi connectivity index (χ4n) is 4.28. The van der Waals surface area contributed by atoms with Crippen molar-refractivity contribution < 1.29 is 52.3 Å². The Bertz CT molecular complexity index is 1310. The van der Waals surface area contributed by atoms with Crippen molar-refractivity contribution in [2.24, 2.45) is 0 Å². The molecule has 15 heteroatoms. The number of hydrogen-bond donors (Lipinski definition) is 1. The van der Waals surface area contributed by atoms with Crippen molar-refractivity contribution in [3.63, 3.8) is 0 Å². The molecule has 2 aromatic rings. The van der Waals surface area contributed by atoms with E-state index in [0.717, 1.165) is 5.56 Å². The lowest BCUT2D eigenvalue weighted by molar-refractivity contribution is -0.308. The molecule has 1 N–H and O–H groups in total. The zero-order valence-corrected chi connectivity index (χ0v) is 27.2. The van der Waals surface area contributed by atoms with Gasteiger partial charge in [0.15, 0.2) is 18.3 Å². The molecule has 0 spiro atoms. The molecule has 0 bridgehead atoms. The molecule has 6 atom stereocenters. The van der Waals surface area contributed by atoms with Gasteiger partial charge in [0.25, 0.3) is 3.79 Å². The highest BCUT2D eigenvalue weighted by Crippen LogP contribution is 2.36. The molecular weight excluding hydrogens is 669 g/mol. The summed E-state index contributed by atoms with van der Waals surface area (Å²) in [7, 11) is 0.